The lowest BCUT2D eigenvalue weighted by molar-refractivity contribution is -0.0207. The minimum absolute atomic E-state index is 0.147. The van der Waals surface area contributed by atoms with E-state index >= 15 is 0 Å². The Balaban J connectivity index is 1.50. The highest BCUT2D eigenvalue weighted by Crippen LogP contribution is 2.55. The summed E-state index contributed by atoms with van der Waals surface area (Å²) < 4.78 is 13.8. The second kappa shape index (κ2) is 4.71. The quantitative estimate of drug-likeness (QED) is 0.863. The van der Waals surface area contributed by atoms with Crippen LogP contribution in [0.4, 0.5) is 4.39 Å². The van der Waals surface area contributed by atoms with E-state index in [0.29, 0.717) is 17.1 Å². The van der Waals surface area contributed by atoms with Crippen molar-refractivity contribution >= 4 is 11.6 Å². The fourth-order valence-electron chi connectivity index (χ4n) is 5.29. The van der Waals surface area contributed by atoms with E-state index < -0.39 is 0 Å². The van der Waals surface area contributed by atoms with E-state index in [4.69, 9.17) is 11.6 Å². The van der Waals surface area contributed by atoms with Gasteiger partial charge in [0.1, 0.15) is 5.82 Å². The van der Waals surface area contributed by atoms with Crippen molar-refractivity contribution in [2.45, 2.75) is 50.6 Å². The Labute approximate surface area is 124 Å². The summed E-state index contributed by atoms with van der Waals surface area (Å²) in [5.41, 5.74) is 0.983. The zero-order valence-corrected chi connectivity index (χ0v) is 12.4. The maximum Gasteiger partial charge on any atom is 0.127 e. The predicted molar refractivity (Wildman–Crippen MR) is 79.2 cm³/mol. The average Bonchev–Trinajstić information content (AvgIpc) is 2.38. The van der Waals surface area contributed by atoms with Gasteiger partial charge < -0.3 is 5.32 Å². The lowest BCUT2D eigenvalue weighted by Crippen LogP contribution is -2.58. The van der Waals surface area contributed by atoms with Crippen LogP contribution in [0.15, 0.2) is 18.2 Å². The Morgan fingerprint density at radius 1 is 1.10 bits per heavy atom. The van der Waals surface area contributed by atoms with Crippen LogP contribution in [0.25, 0.3) is 0 Å². The van der Waals surface area contributed by atoms with Crippen molar-refractivity contribution in [2.24, 2.45) is 17.8 Å². The van der Waals surface area contributed by atoms with E-state index in [-0.39, 0.29) is 11.4 Å². The Morgan fingerprint density at radius 2 is 1.70 bits per heavy atom. The van der Waals surface area contributed by atoms with Crippen LogP contribution in [0.2, 0.25) is 5.02 Å². The molecule has 0 amide bonds. The highest BCUT2D eigenvalue weighted by Gasteiger charge is 2.50. The number of nitrogens with one attached hydrogen (secondary N) is 1. The fourth-order valence-corrected chi connectivity index (χ4v) is 5.48. The Morgan fingerprint density at radius 3 is 2.30 bits per heavy atom. The minimum atomic E-state index is -0.147. The van der Waals surface area contributed by atoms with Gasteiger partial charge in [0.25, 0.3) is 0 Å². The molecule has 108 valence electrons. The standard InChI is InChI=1S/C17H21ClFN/c18-15-1-2-16(19)14(6-15)10-20-17-7-11-3-12(8-17)5-13(4-11)9-17/h1-2,6,11-13,20H,3-5,7-10H2. The van der Waals surface area contributed by atoms with Crippen molar-refractivity contribution in [3.05, 3.63) is 34.6 Å². The van der Waals surface area contributed by atoms with Crippen molar-refractivity contribution in [1.82, 2.24) is 5.32 Å². The molecule has 0 radical (unpaired) electrons. The van der Waals surface area contributed by atoms with E-state index in [1.54, 1.807) is 12.1 Å². The summed E-state index contributed by atoms with van der Waals surface area (Å²) in [4.78, 5) is 0. The van der Waals surface area contributed by atoms with Gasteiger partial charge in [-0.2, -0.15) is 0 Å². The van der Waals surface area contributed by atoms with Crippen LogP contribution in [0.3, 0.4) is 0 Å². The van der Waals surface area contributed by atoms with Crippen LogP contribution >= 0.6 is 11.6 Å². The molecule has 4 aliphatic carbocycles. The smallest absolute Gasteiger partial charge is 0.127 e. The summed E-state index contributed by atoms with van der Waals surface area (Å²) >= 11 is 5.98. The molecule has 0 saturated heterocycles. The van der Waals surface area contributed by atoms with E-state index in [2.05, 4.69) is 5.32 Å². The van der Waals surface area contributed by atoms with E-state index in [9.17, 15) is 4.39 Å². The Bertz CT molecular complexity index is 492. The largest absolute Gasteiger partial charge is 0.307 e. The number of halogens is 2. The van der Waals surface area contributed by atoms with Gasteiger partial charge in [-0.25, -0.2) is 4.39 Å². The molecule has 4 bridgehead atoms. The molecule has 1 aromatic carbocycles. The second-order valence-corrected chi connectivity index (χ2v) is 7.72. The molecule has 0 aliphatic heterocycles. The van der Waals surface area contributed by atoms with Crippen LogP contribution in [0.5, 0.6) is 0 Å². The van der Waals surface area contributed by atoms with Gasteiger partial charge in [0.2, 0.25) is 0 Å². The third kappa shape index (κ3) is 2.27. The van der Waals surface area contributed by atoms with Crippen LogP contribution in [0, 0.1) is 23.6 Å². The molecule has 1 N–H and O–H groups in total. The molecule has 0 heterocycles. The summed E-state index contributed by atoms with van der Waals surface area (Å²) in [6, 6.07) is 4.84. The molecule has 1 aromatic rings. The first-order valence-corrected chi connectivity index (χ1v) is 8.19. The van der Waals surface area contributed by atoms with Gasteiger partial charge in [-0.3, -0.25) is 0 Å². The molecular weight excluding hydrogens is 273 g/mol. The summed E-state index contributed by atoms with van der Waals surface area (Å²) in [6.45, 7) is 0.610. The Hall–Kier alpha value is -0.600. The molecular formula is C17H21ClFN. The highest BCUT2D eigenvalue weighted by atomic mass is 35.5. The van der Waals surface area contributed by atoms with Gasteiger partial charge in [-0.15, -0.1) is 0 Å². The van der Waals surface area contributed by atoms with E-state index in [1.165, 1.54) is 44.6 Å². The summed E-state index contributed by atoms with van der Waals surface area (Å²) in [6.07, 6.45) is 8.19. The lowest BCUT2D eigenvalue weighted by atomic mass is 9.53. The van der Waals surface area contributed by atoms with Gasteiger partial charge in [0, 0.05) is 22.7 Å². The molecule has 1 nitrogen and oxygen atoms in total. The SMILES string of the molecule is Fc1ccc(Cl)cc1CNC12CC3CC(CC(C3)C1)C2. The molecule has 20 heavy (non-hydrogen) atoms. The van der Waals surface area contributed by atoms with Crippen molar-refractivity contribution in [3.8, 4) is 0 Å². The topological polar surface area (TPSA) is 12.0 Å². The zero-order valence-electron chi connectivity index (χ0n) is 11.7. The molecule has 0 unspecified atom stereocenters. The minimum Gasteiger partial charge on any atom is -0.307 e. The first-order chi connectivity index (χ1) is 9.62. The van der Waals surface area contributed by atoms with Crippen molar-refractivity contribution in [1.29, 1.82) is 0 Å². The third-order valence-electron chi connectivity index (χ3n) is 5.70. The summed E-state index contributed by atoms with van der Waals surface area (Å²) in [5.74, 6) is 2.60. The third-order valence-corrected chi connectivity index (χ3v) is 5.93. The molecule has 0 atom stereocenters. The van der Waals surface area contributed by atoms with Crippen molar-refractivity contribution < 1.29 is 4.39 Å². The molecule has 0 spiro atoms. The maximum atomic E-state index is 13.8. The monoisotopic (exact) mass is 293 g/mol. The van der Waals surface area contributed by atoms with Gasteiger partial charge in [0.15, 0.2) is 0 Å². The number of rotatable bonds is 3. The zero-order chi connectivity index (χ0) is 13.7. The normalized spacial score (nSPS) is 38.4. The Kier molecular flexibility index (Phi) is 3.08. The average molecular weight is 294 g/mol. The summed E-state index contributed by atoms with van der Waals surface area (Å²) in [7, 11) is 0. The van der Waals surface area contributed by atoms with Crippen LogP contribution < -0.4 is 5.32 Å². The van der Waals surface area contributed by atoms with Crippen LogP contribution in [-0.2, 0) is 6.54 Å². The van der Waals surface area contributed by atoms with Gasteiger partial charge in [-0.05, 0) is 74.5 Å². The molecule has 0 aromatic heterocycles. The number of hydrogen-bond donors (Lipinski definition) is 1. The first kappa shape index (κ1) is 13.1. The first-order valence-electron chi connectivity index (χ1n) is 7.81. The van der Waals surface area contributed by atoms with Gasteiger partial charge >= 0.3 is 0 Å². The molecule has 4 saturated carbocycles. The van der Waals surface area contributed by atoms with Crippen molar-refractivity contribution in [2.75, 3.05) is 0 Å². The number of hydrogen-bond acceptors (Lipinski definition) is 1. The number of benzene rings is 1. The van der Waals surface area contributed by atoms with Crippen molar-refractivity contribution in [3.63, 3.8) is 0 Å². The van der Waals surface area contributed by atoms with Gasteiger partial charge in [-0.1, -0.05) is 11.6 Å². The molecule has 4 aliphatic rings. The van der Waals surface area contributed by atoms with E-state index in [1.807, 2.05) is 0 Å². The second-order valence-electron chi connectivity index (χ2n) is 7.29. The molecule has 3 heteroatoms. The predicted octanol–water partition coefficient (Wildman–Crippen LogP) is 4.54. The molecule has 4 fully saturated rings. The van der Waals surface area contributed by atoms with E-state index in [0.717, 1.165) is 17.8 Å². The molecule has 5 rings (SSSR count). The fraction of sp³-hybridized carbons (Fsp3) is 0.647. The van der Waals surface area contributed by atoms with Crippen LogP contribution in [-0.4, -0.2) is 5.54 Å². The summed E-state index contributed by atoms with van der Waals surface area (Å²) in [5, 5.41) is 4.33. The van der Waals surface area contributed by atoms with Crippen LogP contribution in [0.1, 0.15) is 44.1 Å². The maximum absolute atomic E-state index is 13.8. The van der Waals surface area contributed by atoms with Gasteiger partial charge in [0.05, 0.1) is 0 Å². The highest BCUT2D eigenvalue weighted by molar-refractivity contribution is 6.30. The lowest BCUT2D eigenvalue weighted by Gasteiger charge is -2.57.